The number of guanidine groups is 1. The summed E-state index contributed by atoms with van der Waals surface area (Å²) in [4.78, 5) is 6.39. The monoisotopic (exact) mass is 474 g/mol. The van der Waals surface area contributed by atoms with Gasteiger partial charge in [-0.15, -0.1) is 24.0 Å². The Morgan fingerprint density at radius 3 is 2.35 bits per heavy atom. The van der Waals surface area contributed by atoms with E-state index in [0.29, 0.717) is 0 Å². The molecular formula is C20H35IN4O. The van der Waals surface area contributed by atoms with E-state index < -0.39 is 0 Å². The highest BCUT2D eigenvalue weighted by atomic mass is 127. The molecule has 1 aromatic carbocycles. The van der Waals surface area contributed by atoms with Crippen LogP contribution < -0.4 is 15.5 Å². The summed E-state index contributed by atoms with van der Waals surface area (Å²) in [7, 11) is 5.95. The van der Waals surface area contributed by atoms with E-state index in [0.717, 1.165) is 57.4 Å². The van der Waals surface area contributed by atoms with Crippen LogP contribution in [0.5, 0.6) is 0 Å². The molecule has 0 unspecified atom stereocenters. The van der Waals surface area contributed by atoms with E-state index in [4.69, 9.17) is 4.74 Å². The fourth-order valence-electron chi connectivity index (χ4n) is 2.60. The first-order valence-corrected chi connectivity index (χ1v) is 9.47. The minimum atomic E-state index is 0. The van der Waals surface area contributed by atoms with Crippen molar-refractivity contribution in [3.63, 3.8) is 0 Å². The molecule has 0 amide bonds. The quantitative estimate of drug-likeness (QED) is 0.224. The van der Waals surface area contributed by atoms with Crippen LogP contribution in [0, 0.1) is 5.92 Å². The third kappa shape index (κ3) is 9.62. The largest absolute Gasteiger partial charge is 0.381 e. The summed E-state index contributed by atoms with van der Waals surface area (Å²) in [6.45, 7) is 3.61. The van der Waals surface area contributed by atoms with Crippen molar-refractivity contribution in [1.82, 2.24) is 10.6 Å². The summed E-state index contributed by atoms with van der Waals surface area (Å²) >= 11 is 0. The zero-order valence-corrected chi connectivity index (χ0v) is 18.8. The SMILES string of the molecule is CN=C(NCCCOCC1CC1)NCCCc1ccc(N(C)C)cc1.I. The molecule has 2 rings (SSSR count). The van der Waals surface area contributed by atoms with Crippen LogP contribution in [0.15, 0.2) is 29.3 Å². The van der Waals surface area contributed by atoms with Crippen LogP contribution in [-0.2, 0) is 11.2 Å². The Morgan fingerprint density at radius 1 is 1.12 bits per heavy atom. The molecule has 0 spiro atoms. The van der Waals surface area contributed by atoms with Crippen molar-refractivity contribution >= 4 is 35.6 Å². The van der Waals surface area contributed by atoms with Gasteiger partial charge in [-0.1, -0.05) is 12.1 Å². The molecule has 1 saturated carbocycles. The summed E-state index contributed by atoms with van der Waals surface area (Å²) < 4.78 is 5.64. The second kappa shape index (κ2) is 13.2. The van der Waals surface area contributed by atoms with Crippen LogP contribution in [0.4, 0.5) is 5.69 Å². The van der Waals surface area contributed by atoms with Crippen LogP contribution in [-0.4, -0.2) is 53.4 Å². The minimum Gasteiger partial charge on any atom is -0.381 e. The number of hydrogen-bond acceptors (Lipinski definition) is 3. The van der Waals surface area contributed by atoms with Gasteiger partial charge in [0.1, 0.15) is 0 Å². The Bertz CT molecular complexity index is 515. The van der Waals surface area contributed by atoms with E-state index in [1.165, 1.54) is 24.1 Å². The smallest absolute Gasteiger partial charge is 0.190 e. The molecule has 26 heavy (non-hydrogen) atoms. The maximum absolute atomic E-state index is 5.64. The van der Waals surface area contributed by atoms with E-state index in [-0.39, 0.29) is 24.0 Å². The predicted molar refractivity (Wildman–Crippen MR) is 122 cm³/mol. The van der Waals surface area contributed by atoms with E-state index in [2.05, 4.69) is 58.9 Å². The van der Waals surface area contributed by atoms with E-state index in [1.54, 1.807) is 0 Å². The molecule has 2 N–H and O–H groups in total. The van der Waals surface area contributed by atoms with Crippen molar-refractivity contribution in [1.29, 1.82) is 0 Å². The van der Waals surface area contributed by atoms with Gasteiger partial charge in [-0.3, -0.25) is 4.99 Å². The Labute approximate surface area is 176 Å². The molecule has 0 bridgehead atoms. The lowest BCUT2D eigenvalue weighted by atomic mass is 10.1. The van der Waals surface area contributed by atoms with Gasteiger partial charge in [-0.05, 0) is 55.7 Å². The lowest BCUT2D eigenvalue weighted by molar-refractivity contribution is 0.123. The number of ether oxygens (including phenoxy) is 1. The average molecular weight is 474 g/mol. The molecule has 1 aliphatic carbocycles. The van der Waals surface area contributed by atoms with Crippen molar-refractivity contribution in [3.05, 3.63) is 29.8 Å². The van der Waals surface area contributed by atoms with Crippen LogP contribution in [0.25, 0.3) is 0 Å². The zero-order chi connectivity index (χ0) is 17.9. The predicted octanol–water partition coefficient (Wildman–Crippen LogP) is 3.28. The van der Waals surface area contributed by atoms with Crippen molar-refractivity contribution in [2.75, 3.05) is 52.3 Å². The summed E-state index contributed by atoms with van der Waals surface area (Å²) in [5.41, 5.74) is 2.62. The first-order chi connectivity index (χ1) is 12.2. The van der Waals surface area contributed by atoms with E-state index in [1.807, 2.05) is 7.05 Å². The van der Waals surface area contributed by atoms with Crippen molar-refractivity contribution in [2.45, 2.75) is 32.1 Å². The van der Waals surface area contributed by atoms with Crippen LogP contribution in [0.2, 0.25) is 0 Å². The summed E-state index contributed by atoms with van der Waals surface area (Å²) in [6.07, 6.45) is 5.90. The zero-order valence-electron chi connectivity index (χ0n) is 16.5. The van der Waals surface area contributed by atoms with Crippen LogP contribution >= 0.6 is 24.0 Å². The molecule has 0 aromatic heterocycles. The van der Waals surface area contributed by atoms with Gasteiger partial charge >= 0.3 is 0 Å². The number of aryl methyl sites for hydroxylation is 1. The van der Waals surface area contributed by atoms with Crippen molar-refractivity contribution in [3.8, 4) is 0 Å². The Morgan fingerprint density at radius 2 is 1.77 bits per heavy atom. The molecule has 148 valence electrons. The molecule has 6 heteroatoms. The van der Waals surface area contributed by atoms with E-state index >= 15 is 0 Å². The Balaban J connectivity index is 0.00000338. The van der Waals surface area contributed by atoms with Gasteiger partial charge in [-0.2, -0.15) is 0 Å². The Hall–Kier alpha value is -1.02. The lowest BCUT2D eigenvalue weighted by Crippen LogP contribution is -2.38. The highest BCUT2D eigenvalue weighted by molar-refractivity contribution is 14.0. The van der Waals surface area contributed by atoms with Crippen LogP contribution in [0.1, 0.15) is 31.2 Å². The molecule has 0 radical (unpaired) electrons. The summed E-state index contributed by atoms with van der Waals surface area (Å²) in [6, 6.07) is 8.77. The molecule has 0 aliphatic heterocycles. The molecular weight excluding hydrogens is 439 g/mol. The number of rotatable bonds is 11. The second-order valence-electron chi connectivity index (χ2n) is 6.96. The second-order valence-corrected chi connectivity index (χ2v) is 6.96. The number of anilines is 1. The highest BCUT2D eigenvalue weighted by Crippen LogP contribution is 2.28. The number of aliphatic imine (C=N–C) groups is 1. The minimum absolute atomic E-state index is 0. The van der Waals surface area contributed by atoms with Crippen molar-refractivity contribution < 1.29 is 4.74 Å². The fraction of sp³-hybridized carbons (Fsp3) is 0.650. The summed E-state index contributed by atoms with van der Waals surface area (Å²) in [5, 5.41) is 6.72. The van der Waals surface area contributed by atoms with Gasteiger partial charge in [0.2, 0.25) is 0 Å². The number of halogens is 1. The number of nitrogens with zero attached hydrogens (tertiary/aromatic N) is 2. The van der Waals surface area contributed by atoms with Crippen molar-refractivity contribution in [2.24, 2.45) is 10.9 Å². The maximum Gasteiger partial charge on any atom is 0.190 e. The van der Waals surface area contributed by atoms with Gasteiger partial charge in [0.25, 0.3) is 0 Å². The molecule has 1 aromatic rings. The van der Waals surface area contributed by atoms with Gasteiger partial charge in [-0.25, -0.2) is 0 Å². The first-order valence-electron chi connectivity index (χ1n) is 9.47. The molecule has 0 heterocycles. The molecule has 1 fully saturated rings. The van der Waals surface area contributed by atoms with Gasteiger partial charge in [0.05, 0.1) is 0 Å². The molecule has 1 aliphatic rings. The molecule has 0 saturated heterocycles. The average Bonchev–Trinajstić information content (AvgIpc) is 3.44. The van der Waals surface area contributed by atoms with Gasteiger partial charge in [0.15, 0.2) is 5.96 Å². The number of benzene rings is 1. The lowest BCUT2D eigenvalue weighted by Gasteiger charge is -2.13. The normalized spacial score (nSPS) is 13.9. The van der Waals surface area contributed by atoms with Gasteiger partial charge < -0.3 is 20.3 Å². The van der Waals surface area contributed by atoms with E-state index in [9.17, 15) is 0 Å². The molecule has 0 atom stereocenters. The maximum atomic E-state index is 5.64. The third-order valence-electron chi connectivity index (χ3n) is 4.42. The van der Waals surface area contributed by atoms with Gasteiger partial charge in [0, 0.05) is 53.1 Å². The van der Waals surface area contributed by atoms with Crippen LogP contribution in [0.3, 0.4) is 0 Å². The standard InChI is InChI=1S/C20H34N4O.HI/c1-21-20(23-14-5-15-25-16-18-7-8-18)22-13-4-6-17-9-11-19(12-10-17)24(2)3;/h9-12,18H,4-8,13-16H2,1-3H3,(H2,21,22,23);1H. The first kappa shape index (κ1) is 23.0. The fourth-order valence-corrected chi connectivity index (χ4v) is 2.60. The molecule has 5 nitrogen and oxygen atoms in total. The summed E-state index contributed by atoms with van der Waals surface area (Å²) in [5.74, 6) is 1.73. The number of hydrogen-bond donors (Lipinski definition) is 2. The Kier molecular flexibility index (Phi) is 11.7. The number of nitrogens with one attached hydrogen (secondary N) is 2. The topological polar surface area (TPSA) is 48.9 Å². The highest BCUT2D eigenvalue weighted by Gasteiger charge is 2.20. The third-order valence-corrected chi connectivity index (χ3v) is 4.42.